The molecule has 0 fully saturated rings. The normalized spacial score (nSPS) is 17.6. The molecule has 4 nitrogen and oxygen atoms in total. The third-order valence-electron chi connectivity index (χ3n) is 3.31. The number of nitrogens with zero attached hydrogens (tertiary/aromatic N) is 1. The number of halogens is 1. The van der Waals surface area contributed by atoms with E-state index in [-0.39, 0.29) is 0 Å². The number of benzodiazepines with no additional fused rings is 1. The van der Waals surface area contributed by atoms with Gasteiger partial charge in [0, 0.05) is 11.1 Å². The number of benzene rings is 2. The Morgan fingerprint density at radius 2 is 1.90 bits per heavy atom. The van der Waals surface area contributed by atoms with Crippen LogP contribution in [0.25, 0.3) is 0 Å². The lowest BCUT2D eigenvalue weighted by Gasteiger charge is -2.10. The maximum absolute atomic E-state index is 13.5. The van der Waals surface area contributed by atoms with Crippen LogP contribution in [-0.4, -0.2) is 23.0 Å². The van der Waals surface area contributed by atoms with E-state index in [1.54, 1.807) is 0 Å². The Hall–Kier alpha value is -2.53. The van der Waals surface area contributed by atoms with E-state index >= 15 is 0 Å². The number of aryl methyl sites for hydroxylation is 1. The van der Waals surface area contributed by atoms with Gasteiger partial charge in [-0.2, -0.15) is 0 Å². The standard InChI is InChI=1S/C16H13FN2O2/c1-9-2-4-10(5-3-9)14-12-8-11(17)6-7-13(12)18-15(20)16(21)19-14/h2-8,16,21H,1H3,(H,18,20). The van der Waals surface area contributed by atoms with Gasteiger partial charge in [-0.1, -0.05) is 29.8 Å². The molecule has 2 aromatic rings. The highest BCUT2D eigenvalue weighted by Gasteiger charge is 2.24. The highest BCUT2D eigenvalue weighted by Crippen LogP contribution is 2.25. The molecule has 1 aliphatic rings. The van der Waals surface area contributed by atoms with Gasteiger partial charge in [-0.25, -0.2) is 9.38 Å². The number of aliphatic hydroxyl groups excluding tert-OH is 1. The van der Waals surface area contributed by atoms with Crippen LogP contribution in [0.1, 0.15) is 16.7 Å². The molecule has 0 bridgehead atoms. The molecular formula is C16H13FN2O2. The molecule has 0 saturated carbocycles. The van der Waals surface area contributed by atoms with Crippen molar-refractivity contribution in [2.24, 2.45) is 4.99 Å². The fourth-order valence-electron chi connectivity index (χ4n) is 2.21. The van der Waals surface area contributed by atoms with E-state index in [0.717, 1.165) is 5.56 Å². The van der Waals surface area contributed by atoms with E-state index in [0.29, 0.717) is 22.5 Å². The third kappa shape index (κ3) is 2.55. The second-order valence-corrected chi connectivity index (χ2v) is 4.90. The van der Waals surface area contributed by atoms with Gasteiger partial charge in [-0.05, 0) is 25.1 Å². The minimum absolute atomic E-state index is 0.385. The minimum Gasteiger partial charge on any atom is -0.364 e. The number of nitrogens with one attached hydrogen (secondary N) is 1. The summed E-state index contributed by atoms with van der Waals surface area (Å²) < 4.78 is 13.5. The Morgan fingerprint density at radius 3 is 2.62 bits per heavy atom. The monoisotopic (exact) mass is 284 g/mol. The molecule has 21 heavy (non-hydrogen) atoms. The lowest BCUT2D eigenvalue weighted by Crippen LogP contribution is -2.24. The summed E-state index contributed by atoms with van der Waals surface area (Å²) >= 11 is 0. The Kier molecular flexibility index (Phi) is 3.27. The first-order valence-electron chi connectivity index (χ1n) is 6.48. The molecule has 1 aliphatic heterocycles. The molecule has 1 heterocycles. The molecule has 0 radical (unpaired) electrons. The summed E-state index contributed by atoms with van der Waals surface area (Å²) in [5, 5.41) is 12.3. The molecule has 0 aromatic heterocycles. The predicted octanol–water partition coefficient (Wildman–Crippen LogP) is 2.24. The van der Waals surface area contributed by atoms with E-state index in [9.17, 15) is 14.3 Å². The number of aliphatic imine (C=N–C) groups is 1. The average Bonchev–Trinajstić information content (AvgIpc) is 2.58. The minimum atomic E-state index is -1.52. The molecule has 1 amide bonds. The molecular weight excluding hydrogens is 271 g/mol. The van der Waals surface area contributed by atoms with Crippen molar-refractivity contribution < 1.29 is 14.3 Å². The number of hydrogen-bond acceptors (Lipinski definition) is 3. The second kappa shape index (κ2) is 5.10. The SMILES string of the molecule is Cc1ccc(C2=NC(O)C(=O)Nc3ccc(F)cc32)cc1. The van der Waals surface area contributed by atoms with Gasteiger partial charge in [0.25, 0.3) is 5.91 Å². The topological polar surface area (TPSA) is 61.7 Å². The smallest absolute Gasteiger partial charge is 0.276 e. The summed E-state index contributed by atoms with van der Waals surface area (Å²) in [5.41, 5.74) is 3.04. The van der Waals surface area contributed by atoms with Gasteiger partial charge in [0.15, 0.2) is 0 Å². The largest absolute Gasteiger partial charge is 0.364 e. The molecule has 0 spiro atoms. The highest BCUT2D eigenvalue weighted by molar-refractivity contribution is 6.19. The highest BCUT2D eigenvalue weighted by atomic mass is 19.1. The lowest BCUT2D eigenvalue weighted by molar-refractivity contribution is -0.123. The number of carbonyl (C=O) groups is 1. The Bertz CT molecular complexity index is 738. The molecule has 0 saturated heterocycles. The van der Waals surface area contributed by atoms with Crippen molar-refractivity contribution in [1.82, 2.24) is 0 Å². The van der Waals surface area contributed by atoms with Gasteiger partial charge in [0.05, 0.1) is 11.4 Å². The quantitative estimate of drug-likeness (QED) is 0.843. The van der Waals surface area contributed by atoms with Gasteiger partial charge in [0.2, 0.25) is 6.23 Å². The summed E-state index contributed by atoms with van der Waals surface area (Å²) in [7, 11) is 0. The van der Waals surface area contributed by atoms with Crippen LogP contribution in [0.3, 0.4) is 0 Å². The molecule has 106 valence electrons. The Morgan fingerprint density at radius 1 is 1.19 bits per heavy atom. The van der Waals surface area contributed by atoms with E-state index in [1.165, 1.54) is 18.2 Å². The number of anilines is 1. The molecule has 1 unspecified atom stereocenters. The number of amides is 1. The van der Waals surface area contributed by atoms with Crippen molar-refractivity contribution in [3.8, 4) is 0 Å². The number of carbonyl (C=O) groups excluding carboxylic acids is 1. The van der Waals surface area contributed by atoms with Crippen molar-refractivity contribution in [3.63, 3.8) is 0 Å². The maximum Gasteiger partial charge on any atom is 0.276 e. The number of fused-ring (bicyclic) bond motifs is 1. The molecule has 2 aromatic carbocycles. The van der Waals surface area contributed by atoms with Gasteiger partial charge in [0.1, 0.15) is 5.82 Å². The first-order chi connectivity index (χ1) is 10.0. The maximum atomic E-state index is 13.5. The first kappa shape index (κ1) is 13.5. The van der Waals surface area contributed by atoms with Crippen LogP contribution >= 0.6 is 0 Å². The molecule has 3 rings (SSSR count). The van der Waals surface area contributed by atoms with E-state index in [2.05, 4.69) is 10.3 Å². The zero-order chi connectivity index (χ0) is 15.0. The Balaban J connectivity index is 2.21. The summed E-state index contributed by atoms with van der Waals surface area (Å²) in [6.45, 7) is 1.95. The molecule has 0 aliphatic carbocycles. The summed E-state index contributed by atoms with van der Waals surface area (Å²) in [6.07, 6.45) is -1.52. The van der Waals surface area contributed by atoms with Crippen molar-refractivity contribution >= 4 is 17.3 Å². The number of rotatable bonds is 1. The second-order valence-electron chi connectivity index (χ2n) is 4.90. The lowest BCUT2D eigenvalue weighted by atomic mass is 9.99. The number of aliphatic hydroxyl groups is 1. The van der Waals surface area contributed by atoms with Gasteiger partial charge >= 0.3 is 0 Å². The zero-order valence-electron chi connectivity index (χ0n) is 11.3. The fourth-order valence-corrected chi connectivity index (χ4v) is 2.21. The summed E-state index contributed by atoms with van der Waals surface area (Å²) in [6, 6.07) is 11.4. The summed E-state index contributed by atoms with van der Waals surface area (Å²) in [5.74, 6) is -1.07. The van der Waals surface area contributed by atoms with Gasteiger partial charge in [-0.15, -0.1) is 0 Å². The van der Waals surface area contributed by atoms with Crippen molar-refractivity contribution in [2.45, 2.75) is 13.2 Å². The van der Waals surface area contributed by atoms with Crippen molar-refractivity contribution in [2.75, 3.05) is 5.32 Å². The fraction of sp³-hybridized carbons (Fsp3) is 0.125. The molecule has 5 heteroatoms. The van der Waals surface area contributed by atoms with E-state index < -0.39 is 18.0 Å². The Labute approximate surface area is 121 Å². The van der Waals surface area contributed by atoms with Crippen LogP contribution in [-0.2, 0) is 4.79 Å². The zero-order valence-corrected chi connectivity index (χ0v) is 11.3. The van der Waals surface area contributed by atoms with Crippen LogP contribution in [0, 0.1) is 12.7 Å². The summed E-state index contributed by atoms with van der Waals surface area (Å²) in [4.78, 5) is 15.8. The van der Waals surface area contributed by atoms with Crippen LogP contribution < -0.4 is 5.32 Å². The van der Waals surface area contributed by atoms with Crippen LogP contribution in [0.15, 0.2) is 47.5 Å². The molecule has 2 N–H and O–H groups in total. The van der Waals surface area contributed by atoms with Gasteiger partial charge in [-0.3, -0.25) is 4.79 Å². The third-order valence-corrected chi connectivity index (χ3v) is 3.31. The van der Waals surface area contributed by atoms with Crippen molar-refractivity contribution in [1.29, 1.82) is 0 Å². The van der Waals surface area contributed by atoms with Gasteiger partial charge < -0.3 is 10.4 Å². The number of hydrogen-bond donors (Lipinski definition) is 2. The van der Waals surface area contributed by atoms with Crippen LogP contribution in [0.5, 0.6) is 0 Å². The van der Waals surface area contributed by atoms with Crippen LogP contribution in [0.2, 0.25) is 0 Å². The van der Waals surface area contributed by atoms with E-state index in [4.69, 9.17) is 0 Å². The van der Waals surface area contributed by atoms with E-state index in [1.807, 2.05) is 31.2 Å². The molecule has 1 atom stereocenters. The van der Waals surface area contributed by atoms with Crippen LogP contribution in [0.4, 0.5) is 10.1 Å². The van der Waals surface area contributed by atoms with Crippen molar-refractivity contribution in [3.05, 3.63) is 65.0 Å². The average molecular weight is 284 g/mol. The predicted molar refractivity (Wildman–Crippen MR) is 77.9 cm³/mol. The first-order valence-corrected chi connectivity index (χ1v) is 6.48.